The standard InChI is InChI=1S/C26H35N5O3S/c1-30-16-21-15-20(8-11-24(21)28-30)19-6-9-23(10-7-19)34-18-22-17-31(26-5-3-4-13-27-26)14-12-25(22)29-35(2,32)33/h3-5,8,11,13,15-16,19,22-23,25,29H,6-7,9-10,12,14,17-18H2,1-2H3/t19?,22-,23?,25-/m0/s1. The first-order valence-electron chi connectivity index (χ1n) is 12.5. The third-order valence-electron chi connectivity index (χ3n) is 7.41. The molecule has 1 aliphatic carbocycles. The van der Waals surface area contributed by atoms with Crippen LogP contribution >= 0.6 is 0 Å². The number of rotatable bonds is 7. The highest BCUT2D eigenvalue weighted by Gasteiger charge is 2.33. The van der Waals surface area contributed by atoms with Crippen LogP contribution in [0.1, 0.15) is 43.6 Å². The van der Waals surface area contributed by atoms with Crippen LogP contribution in [0.5, 0.6) is 0 Å². The third kappa shape index (κ3) is 6.02. The molecule has 2 atom stereocenters. The van der Waals surface area contributed by atoms with Gasteiger partial charge in [-0.05, 0) is 67.9 Å². The molecule has 1 N–H and O–H groups in total. The smallest absolute Gasteiger partial charge is 0.208 e. The number of nitrogens with one attached hydrogen (secondary N) is 1. The van der Waals surface area contributed by atoms with Gasteiger partial charge in [-0.1, -0.05) is 12.1 Å². The molecule has 1 aliphatic heterocycles. The van der Waals surface area contributed by atoms with Crippen molar-refractivity contribution in [2.24, 2.45) is 13.0 Å². The number of benzene rings is 1. The summed E-state index contributed by atoms with van der Waals surface area (Å²) in [7, 11) is -1.32. The first-order chi connectivity index (χ1) is 16.8. The van der Waals surface area contributed by atoms with Gasteiger partial charge in [0.25, 0.3) is 0 Å². The highest BCUT2D eigenvalue weighted by atomic mass is 32.2. The zero-order chi connectivity index (χ0) is 24.4. The Morgan fingerprint density at radius 2 is 1.94 bits per heavy atom. The highest BCUT2D eigenvalue weighted by molar-refractivity contribution is 7.88. The van der Waals surface area contributed by atoms with Gasteiger partial charge < -0.3 is 9.64 Å². The molecule has 35 heavy (non-hydrogen) atoms. The maximum atomic E-state index is 12.0. The van der Waals surface area contributed by atoms with Gasteiger partial charge >= 0.3 is 0 Å². The van der Waals surface area contributed by atoms with Crippen molar-refractivity contribution in [2.75, 3.05) is 30.9 Å². The van der Waals surface area contributed by atoms with Gasteiger partial charge in [-0.2, -0.15) is 5.10 Å². The lowest BCUT2D eigenvalue weighted by Gasteiger charge is -2.40. The Morgan fingerprint density at radius 3 is 2.69 bits per heavy atom. The van der Waals surface area contributed by atoms with Crippen LogP contribution in [0.4, 0.5) is 5.82 Å². The number of hydrogen-bond donors (Lipinski definition) is 1. The number of piperidine rings is 1. The fourth-order valence-corrected chi connectivity index (χ4v) is 6.48. The van der Waals surface area contributed by atoms with Crippen molar-refractivity contribution in [3.63, 3.8) is 0 Å². The molecule has 0 amide bonds. The van der Waals surface area contributed by atoms with Gasteiger partial charge in [0, 0.05) is 49.9 Å². The molecule has 0 bridgehead atoms. The number of ether oxygens (including phenoxy) is 1. The Balaban J connectivity index is 1.18. The first-order valence-corrected chi connectivity index (χ1v) is 14.4. The number of aryl methyl sites for hydroxylation is 1. The van der Waals surface area contributed by atoms with Crippen molar-refractivity contribution in [1.29, 1.82) is 0 Å². The maximum Gasteiger partial charge on any atom is 0.208 e. The maximum absolute atomic E-state index is 12.0. The lowest BCUT2D eigenvalue weighted by molar-refractivity contribution is -0.00213. The lowest BCUT2D eigenvalue weighted by Crippen LogP contribution is -2.52. The molecule has 3 aromatic rings. The molecule has 2 fully saturated rings. The number of aromatic nitrogens is 3. The molecular weight excluding hydrogens is 462 g/mol. The molecule has 5 rings (SSSR count). The molecule has 0 unspecified atom stereocenters. The Hall–Kier alpha value is -2.49. The van der Waals surface area contributed by atoms with Crippen molar-refractivity contribution < 1.29 is 13.2 Å². The van der Waals surface area contributed by atoms with E-state index in [-0.39, 0.29) is 18.1 Å². The lowest BCUT2D eigenvalue weighted by atomic mass is 9.82. The fraction of sp³-hybridized carbons (Fsp3) is 0.538. The number of sulfonamides is 1. The molecular formula is C26H35N5O3S. The summed E-state index contributed by atoms with van der Waals surface area (Å²) >= 11 is 0. The van der Waals surface area contributed by atoms with Crippen LogP contribution in [0.2, 0.25) is 0 Å². The minimum absolute atomic E-state index is 0.0752. The fourth-order valence-electron chi connectivity index (χ4n) is 5.62. The number of fused-ring (bicyclic) bond motifs is 1. The average Bonchev–Trinajstić information content (AvgIpc) is 3.22. The third-order valence-corrected chi connectivity index (χ3v) is 8.14. The monoisotopic (exact) mass is 497 g/mol. The molecule has 2 aromatic heterocycles. The summed E-state index contributed by atoms with van der Waals surface area (Å²) in [5.41, 5.74) is 2.43. The Morgan fingerprint density at radius 1 is 1.11 bits per heavy atom. The van der Waals surface area contributed by atoms with Crippen LogP contribution in [0, 0.1) is 5.92 Å². The van der Waals surface area contributed by atoms with E-state index < -0.39 is 10.0 Å². The molecule has 2 aliphatic rings. The van der Waals surface area contributed by atoms with E-state index in [0.717, 1.165) is 56.5 Å². The Bertz CT molecular complexity index is 1240. The topological polar surface area (TPSA) is 89.4 Å². The van der Waals surface area contributed by atoms with Crippen LogP contribution < -0.4 is 9.62 Å². The van der Waals surface area contributed by atoms with E-state index in [1.807, 2.05) is 29.9 Å². The molecule has 1 saturated carbocycles. The summed E-state index contributed by atoms with van der Waals surface area (Å²) < 4.78 is 35.1. The predicted molar refractivity (Wildman–Crippen MR) is 138 cm³/mol. The van der Waals surface area contributed by atoms with Crippen molar-refractivity contribution >= 4 is 26.7 Å². The van der Waals surface area contributed by atoms with Gasteiger partial charge in [0.1, 0.15) is 5.82 Å². The van der Waals surface area contributed by atoms with Crippen molar-refractivity contribution in [3.8, 4) is 0 Å². The van der Waals surface area contributed by atoms with E-state index in [9.17, 15) is 8.42 Å². The molecule has 188 valence electrons. The van der Waals surface area contributed by atoms with Gasteiger partial charge in [-0.25, -0.2) is 18.1 Å². The molecule has 0 radical (unpaired) electrons. The second-order valence-corrected chi connectivity index (χ2v) is 11.9. The van der Waals surface area contributed by atoms with E-state index in [0.29, 0.717) is 12.5 Å². The number of hydrogen-bond acceptors (Lipinski definition) is 6. The van der Waals surface area contributed by atoms with Crippen LogP contribution in [-0.4, -0.2) is 61.3 Å². The Labute approximate surface area is 207 Å². The summed E-state index contributed by atoms with van der Waals surface area (Å²) in [6, 6.07) is 12.4. The Kier molecular flexibility index (Phi) is 7.09. The van der Waals surface area contributed by atoms with Crippen molar-refractivity contribution in [3.05, 3.63) is 54.4 Å². The van der Waals surface area contributed by atoms with E-state index in [4.69, 9.17) is 4.74 Å². The van der Waals surface area contributed by atoms with Crippen LogP contribution in [0.25, 0.3) is 10.9 Å². The number of anilines is 1. The minimum Gasteiger partial charge on any atom is -0.378 e. The van der Waals surface area contributed by atoms with Crippen LogP contribution in [-0.2, 0) is 21.8 Å². The van der Waals surface area contributed by atoms with Crippen molar-refractivity contribution in [1.82, 2.24) is 19.5 Å². The van der Waals surface area contributed by atoms with E-state index in [1.165, 1.54) is 17.2 Å². The summed E-state index contributed by atoms with van der Waals surface area (Å²) in [4.78, 5) is 6.72. The summed E-state index contributed by atoms with van der Waals surface area (Å²) in [5.74, 6) is 1.56. The van der Waals surface area contributed by atoms with Gasteiger partial charge in [0.05, 0.1) is 24.5 Å². The van der Waals surface area contributed by atoms with Crippen molar-refractivity contribution in [2.45, 2.75) is 50.2 Å². The zero-order valence-electron chi connectivity index (χ0n) is 20.5. The van der Waals surface area contributed by atoms with E-state index >= 15 is 0 Å². The van der Waals surface area contributed by atoms with Gasteiger partial charge in [-0.3, -0.25) is 4.68 Å². The zero-order valence-corrected chi connectivity index (χ0v) is 21.3. The second-order valence-electron chi connectivity index (χ2n) is 10.1. The van der Waals surface area contributed by atoms with Crippen LogP contribution in [0.15, 0.2) is 48.8 Å². The molecule has 9 heteroatoms. The largest absolute Gasteiger partial charge is 0.378 e. The normalized spacial score (nSPS) is 25.7. The predicted octanol–water partition coefficient (Wildman–Crippen LogP) is 3.46. The van der Waals surface area contributed by atoms with Gasteiger partial charge in [-0.15, -0.1) is 0 Å². The molecule has 3 heterocycles. The summed E-state index contributed by atoms with van der Waals surface area (Å²) in [6.07, 6.45) is 10.3. The molecule has 8 nitrogen and oxygen atoms in total. The second kappa shape index (κ2) is 10.2. The van der Waals surface area contributed by atoms with Gasteiger partial charge in [0.2, 0.25) is 10.0 Å². The van der Waals surface area contributed by atoms with Gasteiger partial charge in [0.15, 0.2) is 0 Å². The quantitative estimate of drug-likeness (QED) is 0.538. The summed E-state index contributed by atoms with van der Waals surface area (Å²) in [5, 5.41) is 5.68. The average molecular weight is 498 g/mol. The van der Waals surface area contributed by atoms with E-state index in [2.05, 4.69) is 44.1 Å². The minimum atomic E-state index is -3.28. The molecule has 0 spiro atoms. The SMILES string of the molecule is Cn1cc2cc(C3CCC(OC[C@@H]4CN(c5ccccn5)CC[C@@H]4NS(C)(=O)=O)CC3)ccc2n1. The molecule has 1 aromatic carbocycles. The van der Waals surface area contributed by atoms with E-state index in [1.54, 1.807) is 6.20 Å². The molecule has 1 saturated heterocycles. The first kappa shape index (κ1) is 24.2. The number of pyridine rings is 1. The number of nitrogens with zero attached hydrogens (tertiary/aromatic N) is 4. The van der Waals surface area contributed by atoms with Crippen LogP contribution in [0.3, 0.4) is 0 Å². The highest BCUT2D eigenvalue weighted by Crippen LogP contribution is 2.35. The summed E-state index contributed by atoms with van der Waals surface area (Å²) in [6.45, 7) is 2.05.